The van der Waals surface area contributed by atoms with Gasteiger partial charge in [0.25, 0.3) is 0 Å². The van der Waals surface area contributed by atoms with Crippen molar-refractivity contribution in [3.05, 3.63) is 40.8 Å². The molecule has 2 atom stereocenters. The molecule has 0 saturated heterocycles. The highest BCUT2D eigenvalue weighted by atomic mass is 16.5. The summed E-state index contributed by atoms with van der Waals surface area (Å²) in [6.07, 6.45) is 4.79. The van der Waals surface area contributed by atoms with Gasteiger partial charge < -0.3 is 20.4 Å². The Morgan fingerprint density at radius 2 is 2.32 bits per heavy atom. The Morgan fingerprint density at radius 3 is 2.96 bits per heavy atom. The maximum Gasteiger partial charge on any atom is 0.161 e. The number of dihydropyridines is 1. The lowest BCUT2D eigenvalue weighted by atomic mass is 9.76. The Kier molecular flexibility index (Phi) is 5.02. The van der Waals surface area contributed by atoms with Gasteiger partial charge in [0.1, 0.15) is 5.82 Å². The van der Waals surface area contributed by atoms with E-state index in [1.54, 1.807) is 6.20 Å². The molecular weight excluding hydrogens is 318 g/mol. The molecule has 7 heteroatoms. The quantitative estimate of drug-likeness (QED) is 0.777. The second-order valence-corrected chi connectivity index (χ2v) is 6.63. The number of Topliss-reactive ketones (excluding diaryl/α,β-unsaturated/α-hetero) is 1. The molecule has 0 radical (unpaired) electrons. The molecule has 132 valence electrons. The minimum Gasteiger partial charge on any atom is -0.374 e. The molecule has 2 unspecified atom stereocenters. The number of ether oxygens (including phenoxy) is 1. The molecule has 0 aromatic carbocycles. The zero-order chi connectivity index (χ0) is 18.0. The molecule has 1 aliphatic carbocycles. The fourth-order valence-electron chi connectivity index (χ4n) is 3.56. The van der Waals surface area contributed by atoms with Crippen LogP contribution in [0.2, 0.25) is 0 Å². The van der Waals surface area contributed by atoms with Gasteiger partial charge in [-0.25, -0.2) is 4.98 Å². The van der Waals surface area contributed by atoms with Crippen LogP contribution < -0.4 is 11.1 Å². The van der Waals surface area contributed by atoms with E-state index in [-0.39, 0.29) is 18.3 Å². The molecule has 1 aliphatic heterocycles. The first-order valence-corrected chi connectivity index (χ1v) is 8.48. The number of hydrogen-bond donors (Lipinski definition) is 2. The maximum absolute atomic E-state index is 12.8. The Bertz CT molecular complexity index is 784. The number of aromatic nitrogens is 2. The maximum atomic E-state index is 12.8. The van der Waals surface area contributed by atoms with Crippen molar-refractivity contribution in [2.45, 2.75) is 25.7 Å². The summed E-state index contributed by atoms with van der Waals surface area (Å²) in [5, 5.41) is 13.1. The van der Waals surface area contributed by atoms with E-state index in [2.05, 4.69) is 23.3 Å². The summed E-state index contributed by atoms with van der Waals surface area (Å²) in [7, 11) is 1.88. The number of rotatable bonds is 5. The van der Waals surface area contributed by atoms with Gasteiger partial charge in [0.2, 0.25) is 0 Å². The molecular formula is C18H23N5O2. The Labute approximate surface area is 147 Å². The van der Waals surface area contributed by atoms with Crippen LogP contribution in [0.25, 0.3) is 0 Å². The largest absolute Gasteiger partial charge is 0.374 e. The predicted octanol–water partition coefficient (Wildman–Crippen LogP) is 1.11. The summed E-state index contributed by atoms with van der Waals surface area (Å²) < 4.78 is 7.42. The molecule has 2 heterocycles. The van der Waals surface area contributed by atoms with Crippen LogP contribution in [0, 0.1) is 17.2 Å². The van der Waals surface area contributed by atoms with Crippen molar-refractivity contribution in [3.63, 3.8) is 0 Å². The minimum atomic E-state index is -0.447. The molecule has 2 aliphatic rings. The van der Waals surface area contributed by atoms with E-state index >= 15 is 0 Å². The highest BCUT2D eigenvalue weighted by molar-refractivity contribution is 5.99. The fourth-order valence-corrected chi connectivity index (χ4v) is 3.56. The third-order valence-corrected chi connectivity index (χ3v) is 4.66. The highest BCUT2D eigenvalue weighted by Gasteiger charge is 2.40. The first-order valence-electron chi connectivity index (χ1n) is 8.48. The average Bonchev–Trinajstić information content (AvgIpc) is 2.99. The van der Waals surface area contributed by atoms with Crippen LogP contribution in [-0.4, -0.2) is 35.1 Å². The molecule has 0 bridgehead atoms. The van der Waals surface area contributed by atoms with Crippen molar-refractivity contribution < 1.29 is 9.53 Å². The summed E-state index contributed by atoms with van der Waals surface area (Å²) in [5.41, 5.74) is 8.24. The number of nitrogens with one attached hydrogen (secondary N) is 1. The van der Waals surface area contributed by atoms with Gasteiger partial charge in [-0.1, -0.05) is 6.92 Å². The van der Waals surface area contributed by atoms with Gasteiger partial charge in [0, 0.05) is 43.7 Å². The number of nitrogens with two attached hydrogens (primary N) is 1. The van der Waals surface area contributed by atoms with E-state index in [0.29, 0.717) is 42.2 Å². The number of carbonyl (C=O) groups excluding carboxylic acids is 1. The molecule has 0 fully saturated rings. The van der Waals surface area contributed by atoms with Crippen LogP contribution in [0.1, 0.15) is 31.5 Å². The number of allylic oxidation sites excluding steroid dienone is 3. The van der Waals surface area contributed by atoms with Crippen molar-refractivity contribution in [2.75, 3.05) is 19.8 Å². The molecule has 3 N–H and O–H groups in total. The summed E-state index contributed by atoms with van der Waals surface area (Å²) >= 11 is 0. The molecule has 0 saturated carbocycles. The number of nitriles is 1. The van der Waals surface area contributed by atoms with Gasteiger partial charge in [-0.3, -0.25) is 4.79 Å². The number of imidazole rings is 1. The monoisotopic (exact) mass is 341 g/mol. The first-order chi connectivity index (χ1) is 12.1. The lowest BCUT2D eigenvalue weighted by molar-refractivity contribution is -0.117. The Hall–Kier alpha value is -2.43. The van der Waals surface area contributed by atoms with Crippen LogP contribution in [0.3, 0.4) is 0 Å². The van der Waals surface area contributed by atoms with Gasteiger partial charge in [0.15, 0.2) is 5.78 Å². The number of ketones is 1. The zero-order valence-electron chi connectivity index (χ0n) is 14.6. The predicted molar refractivity (Wildman–Crippen MR) is 92.0 cm³/mol. The van der Waals surface area contributed by atoms with Gasteiger partial charge >= 0.3 is 0 Å². The normalized spacial score (nSPS) is 23.4. The lowest BCUT2D eigenvalue weighted by Crippen LogP contribution is -2.36. The molecule has 1 aromatic rings. The Balaban J connectivity index is 2.08. The van der Waals surface area contributed by atoms with E-state index < -0.39 is 5.92 Å². The average molecular weight is 341 g/mol. The van der Waals surface area contributed by atoms with Gasteiger partial charge in [-0.2, -0.15) is 5.26 Å². The fraction of sp³-hybridized carbons (Fsp3) is 0.500. The van der Waals surface area contributed by atoms with Crippen molar-refractivity contribution in [3.8, 4) is 6.07 Å². The molecule has 0 spiro atoms. The minimum absolute atomic E-state index is 0.0870. The first kappa shape index (κ1) is 17.4. The van der Waals surface area contributed by atoms with E-state index in [4.69, 9.17) is 10.5 Å². The molecule has 25 heavy (non-hydrogen) atoms. The molecule has 7 nitrogen and oxygen atoms in total. The van der Waals surface area contributed by atoms with Gasteiger partial charge in [0.05, 0.1) is 36.5 Å². The second kappa shape index (κ2) is 7.21. The number of nitrogens with zero attached hydrogens (tertiary/aromatic N) is 3. The van der Waals surface area contributed by atoms with E-state index in [1.165, 1.54) is 0 Å². The molecule has 3 rings (SSSR count). The van der Waals surface area contributed by atoms with Crippen molar-refractivity contribution in [1.82, 2.24) is 14.9 Å². The summed E-state index contributed by atoms with van der Waals surface area (Å²) in [5.74, 6) is 0.613. The van der Waals surface area contributed by atoms with E-state index in [0.717, 1.165) is 12.1 Å². The topological polar surface area (TPSA) is 106 Å². The van der Waals surface area contributed by atoms with Crippen LogP contribution in [0.4, 0.5) is 0 Å². The SMILES string of the molecule is CC1CC(=O)C2=C(C1)NC(COCCN)=C(C#N)C2c1nccn1C. The van der Waals surface area contributed by atoms with Crippen molar-refractivity contribution >= 4 is 5.78 Å². The number of aryl methyl sites for hydroxylation is 1. The van der Waals surface area contributed by atoms with Gasteiger partial charge in [-0.15, -0.1) is 0 Å². The molecule has 0 amide bonds. The van der Waals surface area contributed by atoms with E-state index in [1.807, 2.05) is 17.8 Å². The van der Waals surface area contributed by atoms with E-state index in [9.17, 15) is 10.1 Å². The number of carbonyl (C=O) groups is 1. The standard InChI is InChI=1S/C18H23N5O2/c1-11-7-13-17(15(24)8-11)16(18-21-4-5-23(18)2)12(9-20)14(22-13)10-25-6-3-19/h4-5,11,16,22H,3,6-8,10,19H2,1-2H3. The van der Waals surface area contributed by atoms with Gasteiger partial charge in [-0.05, 0) is 12.3 Å². The van der Waals surface area contributed by atoms with Crippen molar-refractivity contribution in [2.24, 2.45) is 18.7 Å². The molecule has 1 aromatic heterocycles. The Morgan fingerprint density at radius 1 is 1.52 bits per heavy atom. The smallest absolute Gasteiger partial charge is 0.161 e. The summed E-state index contributed by atoms with van der Waals surface area (Å²) in [4.78, 5) is 17.2. The number of hydrogen-bond acceptors (Lipinski definition) is 6. The van der Waals surface area contributed by atoms with Crippen LogP contribution in [0.15, 0.2) is 34.9 Å². The third-order valence-electron chi connectivity index (χ3n) is 4.66. The summed E-state index contributed by atoms with van der Waals surface area (Å²) in [6, 6.07) is 2.28. The van der Waals surface area contributed by atoms with Crippen LogP contribution >= 0.6 is 0 Å². The van der Waals surface area contributed by atoms with Crippen LogP contribution in [-0.2, 0) is 16.6 Å². The second-order valence-electron chi connectivity index (χ2n) is 6.63. The zero-order valence-corrected chi connectivity index (χ0v) is 14.6. The van der Waals surface area contributed by atoms with Crippen LogP contribution in [0.5, 0.6) is 0 Å². The lowest BCUT2D eigenvalue weighted by Gasteiger charge is -2.34. The summed E-state index contributed by atoms with van der Waals surface area (Å²) in [6.45, 7) is 3.16. The highest BCUT2D eigenvalue weighted by Crippen LogP contribution is 2.42. The third kappa shape index (κ3) is 3.23. The van der Waals surface area contributed by atoms with Crippen molar-refractivity contribution in [1.29, 1.82) is 5.26 Å².